The van der Waals surface area contributed by atoms with Gasteiger partial charge in [-0.05, 0) is 36.4 Å². The van der Waals surface area contributed by atoms with E-state index in [1.807, 2.05) is 0 Å². The van der Waals surface area contributed by atoms with Crippen molar-refractivity contribution in [2.24, 2.45) is 5.73 Å². The number of primary amides is 1. The monoisotopic (exact) mass is 468 g/mol. The zero-order chi connectivity index (χ0) is 21.1. The number of ketones is 1. The van der Waals surface area contributed by atoms with Crippen molar-refractivity contribution in [1.82, 2.24) is 4.98 Å². The second-order valence-electron chi connectivity index (χ2n) is 5.76. The molecule has 0 aliphatic heterocycles. The summed E-state index contributed by atoms with van der Waals surface area (Å²) in [7, 11) is -1.50. The molecule has 1 aromatic heterocycles. The van der Waals surface area contributed by atoms with E-state index in [4.69, 9.17) is 34.7 Å². The van der Waals surface area contributed by atoms with Gasteiger partial charge >= 0.3 is 0 Å². The lowest BCUT2D eigenvalue weighted by Gasteiger charge is -2.05. The molecule has 0 saturated carbocycles. The van der Waals surface area contributed by atoms with Crippen LogP contribution >= 0.6 is 34.5 Å². The Bertz CT molecular complexity index is 1100. The molecule has 0 saturated heterocycles. The van der Waals surface area contributed by atoms with Crippen molar-refractivity contribution in [3.05, 3.63) is 63.0 Å². The molecule has 1 amide bonds. The molecular formula is C18H14Cl2N4O3S2. The van der Waals surface area contributed by atoms with Gasteiger partial charge in [-0.1, -0.05) is 40.6 Å². The summed E-state index contributed by atoms with van der Waals surface area (Å²) in [6.07, 6.45) is 0. The Hall–Kier alpha value is -2.46. The SMILES string of the molecule is NC(=O)CS(=O)c1ccc(Nc2nc(N)c(C(=O)c3c(Cl)cccc3Cl)s2)cc1. The van der Waals surface area contributed by atoms with Crippen LogP contribution in [0.1, 0.15) is 15.2 Å². The normalized spacial score (nSPS) is 11.8. The van der Waals surface area contributed by atoms with Crippen LogP contribution in [-0.4, -0.2) is 26.6 Å². The second-order valence-corrected chi connectivity index (χ2v) is 9.03. The van der Waals surface area contributed by atoms with Gasteiger partial charge in [0.2, 0.25) is 11.7 Å². The standard InChI is InChI=1S/C18H14Cl2N4O3S2/c19-11-2-1-3-12(20)14(11)15(26)16-17(22)24-18(28-16)23-9-4-6-10(7-5-9)29(27)8-13(21)25/h1-7H,8,22H2,(H2,21,25)(H,23,24). The molecule has 3 rings (SSSR count). The number of aromatic nitrogens is 1. The topological polar surface area (TPSA) is 128 Å². The van der Waals surface area contributed by atoms with E-state index in [-0.39, 0.29) is 32.1 Å². The largest absolute Gasteiger partial charge is 0.382 e. The zero-order valence-electron chi connectivity index (χ0n) is 14.6. The Morgan fingerprint density at radius 3 is 2.31 bits per heavy atom. The molecule has 1 heterocycles. The minimum Gasteiger partial charge on any atom is -0.382 e. The number of hydrogen-bond acceptors (Lipinski definition) is 7. The number of thiazole rings is 1. The molecule has 7 nitrogen and oxygen atoms in total. The number of carbonyl (C=O) groups is 2. The summed E-state index contributed by atoms with van der Waals surface area (Å²) in [5.74, 6) is -1.25. The predicted octanol–water partition coefficient (Wildman–Crippen LogP) is 3.60. The second kappa shape index (κ2) is 8.91. The number of amides is 1. The average Bonchev–Trinajstić information content (AvgIpc) is 3.01. The van der Waals surface area contributed by atoms with Crippen LogP contribution in [0.3, 0.4) is 0 Å². The van der Waals surface area contributed by atoms with Gasteiger partial charge in [0, 0.05) is 10.6 Å². The van der Waals surface area contributed by atoms with Gasteiger partial charge in [-0.3, -0.25) is 13.8 Å². The molecule has 0 fully saturated rings. The van der Waals surface area contributed by atoms with E-state index < -0.39 is 22.5 Å². The quantitative estimate of drug-likeness (QED) is 0.454. The fraction of sp³-hybridized carbons (Fsp3) is 0.0556. The van der Waals surface area contributed by atoms with Crippen molar-refractivity contribution in [3.8, 4) is 0 Å². The van der Waals surface area contributed by atoms with Gasteiger partial charge in [-0.25, -0.2) is 4.98 Å². The Kier molecular flexibility index (Phi) is 6.53. The number of halogens is 2. The number of hydrogen-bond donors (Lipinski definition) is 3. The fourth-order valence-corrected chi connectivity index (χ4v) is 4.69. The highest BCUT2D eigenvalue weighted by Crippen LogP contribution is 2.34. The van der Waals surface area contributed by atoms with E-state index in [0.717, 1.165) is 11.3 Å². The van der Waals surface area contributed by atoms with E-state index in [1.165, 1.54) is 0 Å². The summed E-state index contributed by atoms with van der Waals surface area (Å²) < 4.78 is 11.9. The number of carbonyl (C=O) groups excluding carboxylic acids is 2. The van der Waals surface area contributed by atoms with Crippen molar-refractivity contribution < 1.29 is 13.8 Å². The Balaban J connectivity index is 1.80. The first-order valence-electron chi connectivity index (χ1n) is 8.05. The molecule has 5 N–H and O–H groups in total. The Labute approximate surface area is 182 Å². The molecule has 0 radical (unpaired) electrons. The Morgan fingerprint density at radius 2 is 1.72 bits per heavy atom. The number of nitrogen functional groups attached to an aromatic ring is 1. The average molecular weight is 469 g/mol. The molecule has 0 aliphatic carbocycles. The smallest absolute Gasteiger partial charge is 0.230 e. The maximum atomic E-state index is 12.8. The van der Waals surface area contributed by atoms with Crippen LogP contribution in [0, 0.1) is 0 Å². The third-order valence-corrected chi connectivity index (χ3v) is 6.65. The highest BCUT2D eigenvalue weighted by atomic mass is 35.5. The minimum atomic E-state index is -1.50. The maximum Gasteiger partial charge on any atom is 0.230 e. The molecule has 29 heavy (non-hydrogen) atoms. The minimum absolute atomic E-state index is 0.0534. The Morgan fingerprint density at radius 1 is 1.10 bits per heavy atom. The van der Waals surface area contributed by atoms with Crippen molar-refractivity contribution in [2.75, 3.05) is 16.8 Å². The highest BCUT2D eigenvalue weighted by Gasteiger charge is 2.22. The first-order chi connectivity index (χ1) is 13.8. The number of nitrogens with one attached hydrogen (secondary N) is 1. The van der Waals surface area contributed by atoms with Gasteiger partial charge in [0.1, 0.15) is 16.4 Å². The molecule has 11 heteroatoms. The molecular weight excluding hydrogens is 455 g/mol. The van der Waals surface area contributed by atoms with Crippen LogP contribution in [0.4, 0.5) is 16.6 Å². The summed E-state index contributed by atoms with van der Waals surface area (Å²) in [5.41, 5.74) is 11.8. The number of rotatable bonds is 7. The summed E-state index contributed by atoms with van der Waals surface area (Å²) in [6.45, 7) is 0. The lowest BCUT2D eigenvalue weighted by atomic mass is 10.1. The van der Waals surface area contributed by atoms with E-state index in [2.05, 4.69) is 10.3 Å². The van der Waals surface area contributed by atoms with Crippen LogP contribution < -0.4 is 16.8 Å². The van der Waals surface area contributed by atoms with Gasteiger partial charge in [-0.2, -0.15) is 0 Å². The van der Waals surface area contributed by atoms with Gasteiger partial charge in [0.05, 0.1) is 26.4 Å². The number of benzene rings is 2. The first kappa shape index (κ1) is 21.3. The van der Waals surface area contributed by atoms with Gasteiger partial charge < -0.3 is 16.8 Å². The van der Waals surface area contributed by atoms with E-state index in [1.54, 1.807) is 42.5 Å². The third-order valence-electron chi connectivity index (χ3n) is 3.69. The third kappa shape index (κ3) is 4.94. The lowest BCUT2D eigenvalue weighted by Crippen LogP contribution is -2.19. The summed E-state index contributed by atoms with van der Waals surface area (Å²) in [5, 5.41) is 3.87. The van der Waals surface area contributed by atoms with E-state index in [0.29, 0.717) is 15.7 Å². The highest BCUT2D eigenvalue weighted by molar-refractivity contribution is 7.85. The first-order valence-corrected chi connectivity index (χ1v) is 10.9. The summed E-state index contributed by atoms with van der Waals surface area (Å²) >= 11 is 13.3. The van der Waals surface area contributed by atoms with Crippen LogP contribution in [0.25, 0.3) is 0 Å². The maximum absolute atomic E-state index is 12.8. The molecule has 0 bridgehead atoms. The summed E-state index contributed by atoms with van der Waals surface area (Å²) in [6, 6.07) is 11.3. The fourth-order valence-electron chi connectivity index (χ4n) is 2.40. The van der Waals surface area contributed by atoms with Crippen LogP contribution in [0.15, 0.2) is 47.4 Å². The van der Waals surface area contributed by atoms with Crippen LogP contribution in [0.5, 0.6) is 0 Å². The van der Waals surface area contributed by atoms with Crippen molar-refractivity contribution >= 4 is 73.7 Å². The molecule has 3 aromatic rings. The molecule has 150 valence electrons. The van der Waals surface area contributed by atoms with Crippen LogP contribution in [-0.2, 0) is 15.6 Å². The summed E-state index contributed by atoms with van der Waals surface area (Å²) in [4.78, 5) is 28.5. The van der Waals surface area contributed by atoms with Crippen LogP contribution in [0.2, 0.25) is 10.0 Å². The van der Waals surface area contributed by atoms with E-state index >= 15 is 0 Å². The number of nitrogens with two attached hydrogens (primary N) is 2. The van der Waals surface area contributed by atoms with Crippen molar-refractivity contribution in [1.29, 1.82) is 0 Å². The zero-order valence-corrected chi connectivity index (χ0v) is 17.8. The lowest BCUT2D eigenvalue weighted by molar-refractivity contribution is -0.115. The molecule has 0 spiro atoms. The van der Waals surface area contributed by atoms with Crippen molar-refractivity contribution in [3.63, 3.8) is 0 Å². The van der Waals surface area contributed by atoms with Crippen molar-refractivity contribution in [2.45, 2.75) is 4.90 Å². The number of anilines is 3. The van der Waals surface area contributed by atoms with E-state index in [9.17, 15) is 13.8 Å². The van der Waals surface area contributed by atoms with Gasteiger partial charge in [0.15, 0.2) is 5.13 Å². The van der Waals surface area contributed by atoms with Gasteiger partial charge in [0.25, 0.3) is 0 Å². The molecule has 2 aromatic carbocycles. The molecule has 0 aliphatic rings. The van der Waals surface area contributed by atoms with Gasteiger partial charge in [-0.15, -0.1) is 0 Å². The molecule has 1 unspecified atom stereocenters. The molecule has 1 atom stereocenters. The number of nitrogens with zero attached hydrogens (tertiary/aromatic N) is 1. The predicted molar refractivity (Wildman–Crippen MR) is 117 cm³/mol.